The standard InChI is InChI=1S/C8H8Cl2N2O2/c1-4(14-5(2)13)6-3-11-8(10)12-7(6)9/h3-4H,1-2H3. The maximum absolute atomic E-state index is 10.7. The highest BCUT2D eigenvalue weighted by Crippen LogP contribution is 2.23. The van der Waals surface area contributed by atoms with Gasteiger partial charge in [0.25, 0.3) is 0 Å². The maximum atomic E-state index is 10.7. The first-order valence-corrected chi connectivity index (χ1v) is 4.61. The first kappa shape index (κ1) is 11.2. The Morgan fingerprint density at radius 1 is 1.57 bits per heavy atom. The largest absolute Gasteiger partial charge is 0.458 e. The summed E-state index contributed by atoms with van der Waals surface area (Å²) in [5.41, 5.74) is 0.534. The molecule has 0 aliphatic heterocycles. The summed E-state index contributed by atoms with van der Waals surface area (Å²) in [6.07, 6.45) is 0.961. The van der Waals surface area contributed by atoms with E-state index in [1.807, 2.05) is 0 Å². The lowest BCUT2D eigenvalue weighted by Crippen LogP contribution is -2.06. The molecule has 0 saturated carbocycles. The number of hydrogen-bond acceptors (Lipinski definition) is 4. The summed E-state index contributed by atoms with van der Waals surface area (Å²) in [5, 5.41) is 0.257. The molecule has 1 atom stereocenters. The molecule has 0 radical (unpaired) electrons. The highest BCUT2D eigenvalue weighted by Gasteiger charge is 2.14. The minimum absolute atomic E-state index is 0.0637. The Kier molecular flexibility index (Phi) is 3.66. The van der Waals surface area contributed by atoms with E-state index in [0.29, 0.717) is 5.56 Å². The van der Waals surface area contributed by atoms with Crippen molar-refractivity contribution in [2.75, 3.05) is 0 Å². The topological polar surface area (TPSA) is 52.1 Å². The molecule has 1 aromatic rings. The van der Waals surface area contributed by atoms with Crippen LogP contribution in [0.15, 0.2) is 6.20 Å². The highest BCUT2D eigenvalue weighted by molar-refractivity contribution is 6.32. The second-order valence-electron chi connectivity index (χ2n) is 2.64. The number of esters is 1. The monoisotopic (exact) mass is 234 g/mol. The number of halogens is 2. The minimum Gasteiger partial charge on any atom is -0.458 e. The maximum Gasteiger partial charge on any atom is 0.303 e. The molecule has 0 bridgehead atoms. The number of nitrogens with zero attached hydrogens (tertiary/aromatic N) is 2. The van der Waals surface area contributed by atoms with E-state index in [9.17, 15) is 4.79 Å². The Bertz CT molecular complexity index is 357. The van der Waals surface area contributed by atoms with Gasteiger partial charge in [-0.3, -0.25) is 4.79 Å². The SMILES string of the molecule is CC(=O)OC(C)c1cnc(Cl)nc1Cl. The fraction of sp³-hybridized carbons (Fsp3) is 0.375. The van der Waals surface area contributed by atoms with Crippen LogP contribution in [0.2, 0.25) is 10.4 Å². The zero-order valence-corrected chi connectivity index (χ0v) is 9.13. The van der Waals surface area contributed by atoms with Crippen LogP contribution in [0.25, 0.3) is 0 Å². The Labute approximate surface area is 91.2 Å². The molecule has 1 unspecified atom stereocenters. The summed E-state index contributed by atoms with van der Waals surface area (Å²) in [5.74, 6) is -0.386. The Balaban J connectivity index is 2.90. The third-order valence-corrected chi connectivity index (χ3v) is 2.00. The van der Waals surface area contributed by atoms with Crippen LogP contribution in [0.5, 0.6) is 0 Å². The highest BCUT2D eigenvalue weighted by atomic mass is 35.5. The molecule has 0 fully saturated rings. The number of carbonyl (C=O) groups is 1. The third-order valence-electron chi connectivity index (χ3n) is 1.52. The fourth-order valence-corrected chi connectivity index (χ4v) is 1.39. The van der Waals surface area contributed by atoms with Gasteiger partial charge in [0.2, 0.25) is 5.28 Å². The van der Waals surface area contributed by atoms with Crippen molar-refractivity contribution in [3.63, 3.8) is 0 Å². The lowest BCUT2D eigenvalue weighted by atomic mass is 10.2. The third kappa shape index (κ3) is 2.82. The predicted molar refractivity (Wildman–Crippen MR) is 52.2 cm³/mol. The molecule has 0 saturated heterocycles. The Morgan fingerprint density at radius 3 is 2.71 bits per heavy atom. The van der Waals surface area contributed by atoms with Crippen LogP contribution in [0.1, 0.15) is 25.5 Å². The average molecular weight is 235 g/mol. The van der Waals surface area contributed by atoms with Crippen LogP contribution < -0.4 is 0 Å². The molecule has 0 amide bonds. The van der Waals surface area contributed by atoms with E-state index in [2.05, 4.69) is 9.97 Å². The zero-order valence-electron chi connectivity index (χ0n) is 7.62. The van der Waals surface area contributed by atoms with Crippen molar-refractivity contribution in [2.45, 2.75) is 20.0 Å². The molecular formula is C8H8Cl2N2O2. The van der Waals surface area contributed by atoms with Crippen LogP contribution in [0, 0.1) is 0 Å². The van der Waals surface area contributed by atoms with Crippen LogP contribution >= 0.6 is 23.2 Å². The summed E-state index contributed by atoms with van der Waals surface area (Å²) in [7, 11) is 0. The van der Waals surface area contributed by atoms with E-state index >= 15 is 0 Å². The van der Waals surface area contributed by atoms with E-state index in [1.54, 1.807) is 6.92 Å². The van der Waals surface area contributed by atoms with E-state index in [-0.39, 0.29) is 16.4 Å². The molecule has 76 valence electrons. The first-order chi connectivity index (χ1) is 6.50. The normalized spacial score (nSPS) is 12.3. The summed E-state index contributed by atoms with van der Waals surface area (Å²) < 4.78 is 4.91. The van der Waals surface area contributed by atoms with Crippen LogP contribution in [0.4, 0.5) is 0 Å². The minimum atomic E-state index is -0.475. The van der Waals surface area contributed by atoms with Gasteiger partial charge in [-0.05, 0) is 18.5 Å². The smallest absolute Gasteiger partial charge is 0.303 e. The van der Waals surface area contributed by atoms with Crippen molar-refractivity contribution in [3.8, 4) is 0 Å². The van der Waals surface area contributed by atoms with Gasteiger partial charge >= 0.3 is 5.97 Å². The summed E-state index contributed by atoms with van der Waals surface area (Å²) in [6.45, 7) is 3.00. The number of ether oxygens (including phenoxy) is 1. The number of rotatable bonds is 2. The van der Waals surface area contributed by atoms with E-state index in [4.69, 9.17) is 27.9 Å². The molecule has 1 aromatic heterocycles. The first-order valence-electron chi connectivity index (χ1n) is 3.86. The molecule has 6 heteroatoms. The molecule has 0 aromatic carbocycles. The second kappa shape index (κ2) is 4.57. The van der Waals surface area contributed by atoms with Crippen molar-refractivity contribution in [1.82, 2.24) is 9.97 Å². The van der Waals surface area contributed by atoms with Crippen LogP contribution in [-0.4, -0.2) is 15.9 Å². The van der Waals surface area contributed by atoms with E-state index < -0.39 is 6.10 Å². The Morgan fingerprint density at radius 2 is 2.21 bits per heavy atom. The number of hydrogen-bond donors (Lipinski definition) is 0. The number of aromatic nitrogens is 2. The van der Waals surface area contributed by atoms with Gasteiger partial charge in [0.15, 0.2) is 0 Å². The second-order valence-corrected chi connectivity index (χ2v) is 3.33. The quantitative estimate of drug-likeness (QED) is 0.448. The van der Waals surface area contributed by atoms with Crippen molar-refractivity contribution >= 4 is 29.2 Å². The van der Waals surface area contributed by atoms with Crippen molar-refractivity contribution in [3.05, 3.63) is 22.2 Å². The molecular weight excluding hydrogens is 227 g/mol. The lowest BCUT2D eigenvalue weighted by molar-refractivity contribution is -0.145. The van der Waals surface area contributed by atoms with Crippen LogP contribution in [0.3, 0.4) is 0 Å². The molecule has 0 aliphatic rings. The summed E-state index contributed by atoms with van der Waals surface area (Å²) >= 11 is 11.3. The van der Waals surface area contributed by atoms with Gasteiger partial charge in [0, 0.05) is 18.7 Å². The van der Waals surface area contributed by atoms with Crippen molar-refractivity contribution < 1.29 is 9.53 Å². The van der Waals surface area contributed by atoms with Gasteiger partial charge in [-0.2, -0.15) is 0 Å². The molecule has 0 N–H and O–H groups in total. The summed E-state index contributed by atoms with van der Waals surface area (Å²) in [6, 6.07) is 0. The van der Waals surface area contributed by atoms with E-state index in [0.717, 1.165) is 0 Å². The molecule has 4 nitrogen and oxygen atoms in total. The molecule has 1 heterocycles. The van der Waals surface area contributed by atoms with Crippen molar-refractivity contribution in [2.24, 2.45) is 0 Å². The average Bonchev–Trinajstić information content (AvgIpc) is 2.01. The van der Waals surface area contributed by atoms with Gasteiger partial charge in [-0.15, -0.1) is 0 Å². The lowest BCUT2D eigenvalue weighted by Gasteiger charge is -2.12. The molecule has 0 spiro atoms. The van der Waals surface area contributed by atoms with Crippen LogP contribution in [-0.2, 0) is 9.53 Å². The summed E-state index contributed by atoms with van der Waals surface area (Å²) in [4.78, 5) is 18.2. The van der Waals surface area contributed by atoms with Gasteiger partial charge in [0.05, 0.1) is 0 Å². The predicted octanol–water partition coefficient (Wildman–Crippen LogP) is 2.41. The zero-order chi connectivity index (χ0) is 10.7. The molecule has 1 rings (SSSR count). The van der Waals surface area contributed by atoms with Gasteiger partial charge in [-0.25, -0.2) is 9.97 Å². The van der Waals surface area contributed by atoms with Gasteiger partial charge in [0.1, 0.15) is 11.3 Å². The fourth-order valence-electron chi connectivity index (χ4n) is 0.936. The van der Waals surface area contributed by atoms with E-state index in [1.165, 1.54) is 13.1 Å². The Hall–Kier alpha value is -0.870. The molecule has 14 heavy (non-hydrogen) atoms. The molecule has 0 aliphatic carbocycles. The van der Waals surface area contributed by atoms with Gasteiger partial charge < -0.3 is 4.74 Å². The van der Waals surface area contributed by atoms with Crippen molar-refractivity contribution in [1.29, 1.82) is 0 Å². The van der Waals surface area contributed by atoms with Gasteiger partial charge in [-0.1, -0.05) is 11.6 Å². The number of carbonyl (C=O) groups excluding carboxylic acids is 1.